The lowest BCUT2D eigenvalue weighted by atomic mass is 10.1. The van der Waals surface area contributed by atoms with Gasteiger partial charge in [-0.3, -0.25) is 0 Å². The van der Waals surface area contributed by atoms with Crippen molar-refractivity contribution < 1.29 is 9.53 Å². The highest BCUT2D eigenvalue weighted by molar-refractivity contribution is 7.09. The molecule has 0 spiro atoms. The third kappa shape index (κ3) is 3.11. The van der Waals surface area contributed by atoms with Crippen LogP contribution in [-0.4, -0.2) is 18.7 Å². The third-order valence-corrected chi connectivity index (χ3v) is 4.08. The Labute approximate surface area is 121 Å². The lowest BCUT2D eigenvalue weighted by Gasteiger charge is -2.12. The Kier molecular flexibility index (Phi) is 3.87. The molecule has 0 bridgehead atoms. The van der Waals surface area contributed by atoms with Gasteiger partial charge in [-0.05, 0) is 23.1 Å². The van der Waals surface area contributed by atoms with E-state index in [0.29, 0.717) is 13.1 Å². The van der Waals surface area contributed by atoms with Gasteiger partial charge in [-0.15, -0.1) is 11.3 Å². The van der Waals surface area contributed by atoms with Gasteiger partial charge < -0.3 is 15.4 Å². The van der Waals surface area contributed by atoms with Crippen molar-refractivity contribution in [2.75, 3.05) is 6.54 Å². The normalized spacial score (nSPS) is 16.3. The molecule has 2 amide bonds. The summed E-state index contributed by atoms with van der Waals surface area (Å²) < 4.78 is 5.77. The predicted octanol–water partition coefficient (Wildman–Crippen LogP) is 2.55. The molecule has 20 heavy (non-hydrogen) atoms. The monoisotopic (exact) mass is 288 g/mol. The van der Waals surface area contributed by atoms with Crippen molar-refractivity contribution in [3.63, 3.8) is 0 Å². The molecule has 0 saturated carbocycles. The fourth-order valence-corrected chi connectivity index (χ4v) is 2.86. The summed E-state index contributed by atoms with van der Waals surface area (Å²) >= 11 is 1.63. The molecular formula is C15H16N2O2S. The number of thiophene rings is 1. The molecule has 4 nitrogen and oxygen atoms in total. The second-order valence-corrected chi connectivity index (χ2v) is 5.73. The van der Waals surface area contributed by atoms with E-state index in [2.05, 4.69) is 16.7 Å². The molecule has 1 aromatic heterocycles. The number of hydrogen-bond donors (Lipinski definition) is 2. The minimum Gasteiger partial charge on any atom is -0.488 e. The average molecular weight is 288 g/mol. The summed E-state index contributed by atoms with van der Waals surface area (Å²) in [7, 11) is 0. The summed E-state index contributed by atoms with van der Waals surface area (Å²) in [5.41, 5.74) is 1.21. The standard InChI is InChI=1S/C15H16N2O2S/c18-15(17-10-13-5-3-7-20-13)16-9-12-8-11-4-1-2-6-14(11)19-12/h1-7,12H,8-10H2,(H2,16,17,18). The molecule has 3 rings (SSSR count). The van der Waals surface area contributed by atoms with Gasteiger partial charge in [0, 0.05) is 11.3 Å². The minimum absolute atomic E-state index is 0.0277. The SMILES string of the molecule is O=C(NCc1cccs1)NCC1Cc2ccccc2O1. The van der Waals surface area contributed by atoms with Gasteiger partial charge >= 0.3 is 6.03 Å². The zero-order valence-electron chi connectivity index (χ0n) is 11.0. The first-order valence-electron chi connectivity index (χ1n) is 6.60. The molecule has 0 aliphatic carbocycles. The molecule has 1 aliphatic heterocycles. The van der Waals surface area contributed by atoms with Crippen LogP contribution < -0.4 is 15.4 Å². The van der Waals surface area contributed by atoms with Gasteiger partial charge in [-0.25, -0.2) is 4.79 Å². The maximum atomic E-state index is 11.7. The van der Waals surface area contributed by atoms with E-state index < -0.39 is 0 Å². The first kappa shape index (κ1) is 13.0. The number of amides is 2. The summed E-state index contributed by atoms with van der Waals surface area (Å²) in [5, 5.41) is 7.68. The van der Waals surface area contributed by atoms with Crippen molar-refractivity contribution in [3.8, 4) is 5.75 Å². The molecular weight excluding hydrogens is 272 g/mol. The number of fused-ring (bicyclic) bond motifs is 1. The Balaban J connectivity index is 1.41. The van der Waals surface area contributed by atoms with Crippen molar-refractivity contribution >= 4 is 17.4 Å². The zero-order chi connectivity index (χ0) is 13.8. The van der Waals surface area contributed by atoms with Crippen molar-refractivity contribution in [1.82, 2.24) is 10.6 Å². The van der Waals surface area contributed by atoms with Crippen LogP contribution in [0.25, 0.3) is 0 Å². The molecule has 104 valence electrons. The molecule has 1 unspecified atom stereocenters. The van der Waals surface area contributed by atoms with Gasteiger partial charge in [-0.2, -0.15) is 0 Å². The summed E-state index contributed by atoms with van der Waals surface area (Å²) in [5.74, 6) is 0.929. The lowest BCUT2D eigenvalue weighted by molar-refractivity contribution is 0.214. The maximum absolute atomic E-state index is 11.7. The fraction of sp³-hybridized carbons (Fsp3) is 0.267. The quantitative estimate of drug-likeness (QED) is 0.908. The molecule has 0 saturated heterocycles. The van der Waals surface area contributed by atoms with Crippen LogP contribution in [0.15, 0.2) is 41.8 Å². The Morgan fingerprint density at radius 2 is 2.15 bits per heavy atom. The summed E-state index contributed by atoms with van der Waals surface area (Å²) in [6.07, 6.45) is 0.876. The van der Waals surface area contributed by atoms with Crippen LogP contribution in [0.3, 0.4) is 0 Å². The number of benzene rings is 1. The van der Waals surface area contributed by atoms with Gasteiger partial charge in [-0.1, -0.05) is 24.3 Å². The number of carbonyl (C=O) groups is 1. The van der Waals surface area contributed by atoms with E-state index in [-0.39, 0.29) is 12.1 Å². The Bertz CT molecular complexity index is 558. The molecule has 2 heterocycles. The van der Waals surface area contributed by atoms with Crippen LogP contribution in [0.1, 0.15) is 10.4 Å². The number of urea groups is 1. The van der Waals surface area contributed by atoms with E-state index in [9.17, 15) is 4.79 Å². The van der Waals surface area contributed by atoms with E-state index in [1.807, 2.05) is 35.7 Å². The topological polar surface area (TPSA) is 50.4 Å². The van der Waals surface area contributed by atoms with Gasteiger partial charge in [0.15, 0.2) is 0 Å². The van der Waals surface area contributed by atoms with E-state index in [4.69, 9.17) is 4.74 Å². The van der Waals surface area contributed by atoms with Gasteiger partial charge in [0.2, 0.25) is 0 Å². The van der Waals surface area contributed by atoms with Crippen molar-refractivity contribution in [1.29, 1.82) is 0 Å². The molecule has 0 fully saturated rings. The van der Waals surface area contributed by atoms with Crippen LogP contribution in [0.2, 0.25) is 0 Å². The molecule has 1 aliphatic rings. The second kappa shape index (κ2) is 5.96. The average Bonchev–Trinajstić information content (AvgIpc) is 3.11. The van der Waals surface area contributed by atoms with Crippen molar-refractivity contribution in [2.24, 2.45) is 0 Å². The molecule has 2 N–H and O–H groups in total. The highest BCUT2D eigenvalue weighted by Crippen LogP contribution is 2.27. The zero-order valence-corrected chi connectivity index (χ0v) is 11.8. The highest BCUT2D eigenvalue weighted by Gasteiger charge is 2.22. The van der Waals surface area contributed by atoms with Gasteiger partial charge in [0.1, 0.15) is 11.9 Å². The van der Waals surface area contributed by atoms with Gasteiger partial charge in [0.05, 0.1) is 13.1 Å². The Morgan fingerprint density at radius 1 is 1.25 bits per heavy atom. The third-order valence-electron chi connectivity index (χ3n) is 3.21. The van der Waals surface area contributed by atoms with Crippen LogP contribution in [0.5, 0.6) is 5.75 Å². The van der Waals surface area contributed by atoms with E-state index in [0.717, 1.165) is 17.0 Å². The predicted molar refractivity (Wildman–Crippen MR) is 79.1 cm³/mol. The molecule has 2 aromatic rings. The number of hydrogen-bond acceptors (Lipinski definition) is 3. The van der Waals surface area contributed by atoms with Crippen LogP contribution in [0.4, 0.5) is 4.79 Å². The van der Waals surface area contributed by atoms with Crippen molar-refractivity contribution in [2.45, 2.75) is 19.1 Å². The molecule has 0 radical (unpaired) electrons. The summed E-state index contributed by atoms with van der Waals surface area (Å²) in [6.45, 7) is 1.08. The number of para-hydroxylation sites is 1. The lowest BCUT2D eigenvalue weighted by Crippen LogP contribution is -2.40. The van der Waals surface area contributed by atoms with E-state index in [1.165, 1.54) is 5.56 Å². The summed E-state index contributed by atoms with van der Waals surface area (Å²) in [4.78, 5) is 12.8. The molecule has 1 atom stereocenters. The number of carbonyl (C=O) groups excluding carboxylic acids is 1. The van der Waals surface area contributed by atoms with Gasteiger partial charge in [0.25, 0.3) is 0 Å². The smallest absolute Gasteiger partial charge is 0.315 e. The van der Waals surface area contributed by atoms with Crippen LogP contribution >= 0.6 is 11.3 Å². The molecule has 1 aromatic carbocycles. The largest absolute Gasteiger partial charge is 0.488 e. The number of ether oxygens (including phenoxy) is 1. The second-order valence-electron chi connectivity index (χ2n) is 4.69. The first-order chi connectivity index (χ1) is 9.81. The van der Waals surface area contributed by atoms with E-state index in [1.54, 1.807) is 11.3 Å². The first-order valence-corrected chi connectivity index (χ1v) is 7.48. The Hall–Kier alpha value is -2.01. The fourth-order valence-electron chi connectivity index (χ4n) is 2.22. The Morgan fingerprint density at radius 3 is 2.95 bits per heavy atom. The van der Waals surface area contributed by atoms with Crippen LogP contribution in [0, 0.1) is 0 Å². The number of nitrogens with one attached hydrogen (secondary N) is 2. The van der Waals surface area contributed by atoms with Crippen LogP contribution in [-0.2, 0) is 13.0 Å². The van der Waals surface area contributed by atoms with E-state index >= 15 is 0 Å². The maximum Gasteiger partial charge on any atom is 0.315 e. The van der Waals surface area contributed by atoms with Crippen molar-refractivity contribution in [3.05, 3.63) is 52.2 Å². The highest BCUT2D eigenvalue weighted by atomic mass is 32.1. The summed E-state index contributed by atoms with van der Waals surface area (Å²) in [6, 6.07) is 11.8. The minimum atomic E-state index is -0.155. The molecule has 5 heteroatoms. The number of rotatable bonds is 4.